The van der Waals surface area contributed by atoms with Gasteiger partial charge in [0.15, 0.2) is 14.9 Å². The Bertz CT molecular complexity index is 1510. The van der Waals surface area contributed by atoms with Gasteiger partial charge in [-0.25, -0.2) is 18.4 Å². The summed E-state index contributed by atoms with van der Waals surface area (Å²) < 4.78 is 64.7. The van der Waals surface area contributed by atoms with Crippen LogP contribution < -0.4 is 5.56 Å². The van der Waals surface area contributed by atoms with Crippen molar-refractivity contribution >= 4 is 20.7 Å². The number of benzene rings is 1. The lowest BCUT2D eigenvalue weighted by molar-refractivity contribution is -0.137. The fourth-order valence-corrected chi connectivity index (χ4v) is 4.16. The molecule has 0 aliphatic rings. The molecule has 3 heterocycles. The molecule has 0 saturated carbocycles. The fraction of sp³-hybridized carbons (Fsp3) is 0.182. The predicted molar refractivity (Wildman–Crippen MR) is 116 cm³/mol. The van der Waals surface area contributed by atoms with E-state index in [1.54, 1.807) is 0 Å². The third-order valence-corrected chi connectivity index (χ3v) is 7.08. The number of fused-ring (bicyclic) bond motifs is 1. The highest BCUT2D eigenvalue weighted by Crippen LogP contribution is 2.36. The molecule has 11 heteroatoms. The van der Waals surface area contributed by atoms with Crippen molar-refractivity contribution < 1.29 is 21.6 Å². The second-order valence-electron chi connectivity index (χ2n) is 7.52. The molecule has 4 rings (SSSR count). The van der Waals surface area contributed by atoms with E-state index in [-0.39, 0.29) is 33.0 Å². The number of halogens is 3. The summed E-state index contributed by atoms with van der Waals surface area (Å²) in [6, 6.07) is 9.02. The SMILES string of the molecule is CC(C)S(=O)(=O)c1ccc(-c2nc3cc(-c4ncccc4C(F)(F)F)ccc3c(=O)[nH]2)cn1. The third-order valence-electron chi connectivity index (χ3n) is 5.01. The fourth-order valence-electron chi connectivity index (χ4n) is 3.22. The van der Waals surface area contributed by atoms with Gasteiger partial charge in [-0.2, -0.15) is 13.2 Å². The number of aromatic nitrogens is 4. The third kappa shape index (κ3) is 4.23. The first-order valence-electron chi connectivity index (χ1n) is 9.75. The number of nitrogens with zero attached hydrogens (tertiary/aromatic N) is 3. The van der Waals surface area contributed by atoms with Gasteiger partial charge < -0.3 is 4.98 Å². The topological polar surface area (TPSA) is 106 Å². The lowest BCUT2D eigenvalue weighted by Gasteiger charge is -2.12. The number of alkyl halides is 3. The van der Waals surface area contributed by atoms with E-state index in [4.69, 9.17) is 0 Å². The van der Waals surface area contributed by atoms with E-state index >= 15 is 0 Å². The highest BCUT2D eigenvalue weighted by molar-refractivity contribution is 7.91. The van der Waals surface area contributed by atoms with Crippen LogP contribution in [0.4, 0.5) is 13.2 Å². The van der Waals surface area contributed by atoms with Gasteiger partial charge in [-0.3, -0.25) is 9.78 Å². The predicted octanol–water partition coefficient (Wildman–Crippen LogP) is 4.25. The Kier molecular flexibility index (Phi) is 5.52. The minimum absolute atomic E-state index is 0.0997. The monoisotopic (exact) mass is 474 g/mol. The van der Waals surface area contributed by atoms with E-state index < -0.39 is 32.4 Å². The Morgan fingerprint density at radius 2 is 1.73 bits per heavy atom. The molecule has 33 heavy (non-hydrogen) atoms. The number of aromatic amines is 1. The molecular weight excluding hydrogens is 457 g/mol. The second kappa shape index (κ2) is 8.07. The molecule has 0 fully saturated rings. The van der Waals surface area contributed by atoms with Crippen molar-refractivity contribution in [3.8, 4) is 22.6 Å². The molecule has 0 saturated heterocycles. The van der Waals surface area contributed by atoms with Crippen molar-refractivity contribution in [3.05, 3.63) is 70.8 Å². The number of H-pyrrole nitrogens is 1. The van der Waals surface area contributed by atoms with Crippen molar-refractivity contribution in [3.63, 3.8) is 0 Å². The summed E-state index contributed by atoms with van der Waals surface area (Å²) in [5.41, 5.74) is -1.03. The smallest absolute Gasteiger partial charge is 0.306 e. The number of nitrogens with one attached hydrogen (secondary N) is 1. The molecule has 1 aromatic carbocycles. The molecule has 0 spiro atoms. The van der Waals surface area contributed by atoms with E-state index in [1.807, 2.05) is 0 Å². The van der Waals surface area contributed by atoms with Crippen molar-refractivity contribution in [2.45, 2.75) is 30.3 Å². The summed E-state index contributed by atoms with van der Waals surface area (Å²) in [4.78, 5) is 27.4. The van der Waals surface area contributed by atoms with E-state index in [1.165, 1.54) is 62.6 Å². The van der Waals surface area contributed by atoms with Gasteiger partial charge in [0.05, 0.1) is 27.4 Å². The summed E-state index contributed by atoms with van der Waals surface area (Å²) in [5.74, 6) is 0.0997. The van der Waals surface area contributed by atoms with Crippen LogP contribution in [-0.4, -0.2) is 33.6 Å². The second-order valence-corrected chi connectivity index (χ2v) is 9.97. The van der Waals surface area contributed by atoms with Gasteiger partial charge in [-0.05, 0) is 50.2 Å². The molecule has 0 atom stereocenters. The maximum atomic E-state index is 13.4. The number of rotatable bonds is 4. The number of pyridine rings is 2. The minimum Gasteiger partial charge on any atom is -0.306 e. The molecule has 170 valence electrons. The van der Waals surface area contributed by atoms with Gasteiger partial charge in [0.2, 0.25) is 0 Å². The van der Waals surface area contributed by atoms with E-state index in [0.717, 1.165) is 6.07 Å². The Morgan fingerprint density at radius 3 is 2.36 bits per heavy atom. The number of hydrogen-bond acceptors (Lipinski definition) is 6. The normalized spacial score (nSPS) is 12.4. The van der Waals surface area contributed by atoms with Gasteiger partial charge in [0, 0.05) is 23.5 Å². The molecule has 0 unspecified atom stereocenters. The summed E-state index contributed by atoms with van der Waals surface area (Å²) in [7, 11) is -3.57. The maximum Gasteiger partial charge on any atom is 0.418 e. The highest BCUT2D eigenvalue weighted by Gasteiger charge is 2.34. The molecule has 4 aromatic rings. The first-order valence-corrected chi connectivity index (χ1v) is 11.3. The largest absolute Gasteiger partial charge is 0.418 e. The zero-order valence-electron chi connectivity index (χ0n) is 17.4. The average Bonchev–Trinajstić information content (AvgIpc) is 2.78. The molecule has 0 amide bonds. The van der Waals surface area contributed by atoms with E-state index in [2.05, 4.69) is 19.9 Å². The van der Waals surface area contributed by atoms with Crippen LogP contribution in [0.15, 0.2) is 64.7 Å². The Morgan fingerprint density at radius 1 is 1.00 bits per heavy atom. The van der Waals surface area contributed by atoms with Crippen LogP contribution in [0.25, 0.3) is 33.5 Å². The number of sulfone groups is 1. The van der Waals surface area contributed by atoms with Gasteiger partial charge >= 0.3 is 6.18 Å². The van der Waals surface area contributed by atoms with Crippen molar-refractivity contribution in [2.75, 3.05) is 0 Å². The van der Waals surface area contributed by atoms with Crippen LogP contribution in [0, 0.1) is 0 Å². The van der Waals surface area contributed by atoms with Gasteiger partial charge in [0.1, 0.15) is 5.82 Å². The lowest BCUT2D eigenvalue weighted by atomic mass is 10.0. The van der Waals surface area contributed by atoms with Crippen LogP contribution in [0.2, 0.25) is 0 Å². The van der Waals surface area contributed by atoms with Crippen molar-refractivity contribution in [2.24, 2.45) is 0 Å². The molecule has 3 aromatic heterocycles. The minimum atomic E-state index is -4.60. The van der Waals surface area contributed by atoms with Crippen LogP contribution in [0.1, 0.15) is 19.4 Å². The summed E-state index contributed by atoms with van der Waals surface area (Å²) >= 11 is 0. The number of hydrogen-bond donors (Lipinski definition) is 1. The van der Waals surface area contributed by atoms with Crippen LogP contribution in [0.5, 0.6) is 0 Å². The molecule has 0 aliphatic carbocycles. The Balaban J connectivity index is 1.82. The van der Waals surface area contributed by atoms with Gasteiger partial charge in [-0.15, -0.1) is 0 Å². The van der Waals surface area contributed by atoms with Crippen molar-refractivity contribution in [1.82, 2.24) is 19.9 Å². The standard InChI is InChI=1S/C22H17F3N4O3S/c1-12(2)33(31,32)18-8-6-14(11-27-18)20-28-17-10-13(5-7-15(17)21(30)29-20)19-16(22(23,24)25)4-3-9-26-19/h3-12H,1-2H3,(H,28,29,30). The molecule has 0 radical (unpaired) electrons. The van der Waals surface area contributed by atoms with E-state index in [9.17, 15) is 26.4 Å². The van der Waals surface area contributed by atoms with Gasteiger partial charge in [0.25, 0.3) is 5.56 Å². The first kappa shape index (κ1) is 22.6. The van der Waals surface area contributed by atoms with Crippen LogP contribution in [0.3, 0.4) is 0 Å². The van der Waals surface area contributed by atoms with Gasteiger partial charge in [-0.1, -0.05) is 6.07 Å². The molecule has 1 N–H and O–H groups in total. The molecule has 0 bridgehead atoms. The zero-order valence-corrected chi connectivity index (χ0v) is 18.2. The van der Waals surface area contributed by atoms with Crippen LogP contribution in [-0.2, 0) is 16.0 Å². The highest BCUT2D eigenvalue weighted by atomic mass is 32.2. The molecule has 0 aliphatic heterocycles. The maximum absolute atomic E-state index is 13.4. The van der Waals surface area contributed by atoms with Crippen molar-refractivity contribution in [1.29, 1.82) is 0 Å². The Labute approximate surface area is 186 Å². The summed E-state index contributed by atoms with van der Waals surface area (Å²) in [6.45, 7) is 3.08. The quantitative estimate of drug-likeness (QED) is 0.474. The first-order chi connectivity index (χ1) is 15.5. The molecular formula is C22H17F3N4O3S. The average molecular weight is 474 g/mol. The summed E-state index contributed by atoms with van der Waals surface area (Å²) in [5, 5.41) is -0.582. The Hall–Kier alpha value is -3.60. The zero-order chi connectivity index (χ0) is 24.0. The summed E-state index contributed by atoms with van der Waals surface area (Å²) in [6.07, 6.45) is -2.08. The molecule has 7 nitrogen and oxygen atoms in total. The van der Waals surface area contributed by atoms with Crippen LogP contribution >= 0.6 is 0 Å². The lowest BCUT2D eigenvalue weighted by Crippen LogP contribution is -2.15. The van der Waals surface area contributed by atoms with E-state index in [0.29, 0.717) is 5.56 Å².